The fourth-order valence-corrected chi connectivity index (χ4v) is 4.57. The predicted molar refractivity (Wildman–Crippen MR) is 85.0 cm³/mol. The SMILES string of the molecule is CC1CCC(C(C)(C)Cc2cn3ccsc3n2)C(N)C1. The third-order valence-corrected chi connectivity index (χ3v) is 5.72. The van der Waals surface area contributed by atoms with Crippen molar-refractivity contribution < 1.29 is 0 Å². The number of nitrogens with zero attached hydrogens (tertiary/aromatic N) is 2. The van der Waals surface area contributed by atoms with Crippen molar-refractivity contribution in [2.45, 2.75) is 52.5 Å². The van der Waals surface area contributed by atoms with E-state index in [1.165, 1.54) is 25.0 Å². The number of thiazole rings is 1. The van der Waals surface area contributed by atoms with Crippen molar-refractivity contribution in [1.82, 2.24) is 9.38 Å². The summed E-state index contributed by atoms with van der Waals surface area (Å²) >= 11 is 1.70. The summed E-state index contributed by atoms with van der Waals surface area (Å²) in [5.74, 6) is 1.40. The second kappa shape index (κ2) is 5.15. The highest BCUT2D eigenvalue weighted by Gasteiger charge is 2.37. The van der Waals surface area contributed by atoms with E-state index in [1.54, 1.807) is 11.3 Å². The number of imidazole rings is 1. The van der Waals surface area contributed by atoms with Gasteiger partial charge in [0.15, 0.2) is 4.96 Å². The molecule has 3 rings (SSSR count). The molecular weight excluding hydrogens is 266 g/mol. The Morgan fingerprint density at radius 1 is 1.45 bits per heavy atom. The molecule has 0 aromatic carbocycles. The molecule has 1 saturated carbocycles. The Morgan fingerprint density at radius 3 is 2.95 bits per heavy atom. The molecule has 1 fully saturated rings. The zero-order chi connectivity index (χ0) is 14.3. The van der Waals surface area contributed by atoms with Crippen LogP contribution in [0.5, 0.6) is 0 Å². The fraction of sp³-hybridized carbons (Fsp3) is 0.688. The van der Waals surface area contributed by atoms with Crippen LogP contribution in [-0.2, 0) is 6.42 Å². The molecule has 2 N–H and O–H groups in total. The molecule has 0 spiro atoms. The Bertz CT molecular complexity index is 555. The minimum absolute atomic E-state index is 0.226. The largest absolute Gasteiger partial charge is 0.327 e. The molecule has 2 heterocycles. The monoisotopic (exact) mass is 291 g/mol. The first-order valence-electron chi connectivity index (χ1n) is 7.62. The number of nitrogens with two attached hydrogens (primary N) is 1. The number of fused-ring (bicyclic) bond motifs is 1. The van der Waals surface area contributed by atoms with Gasteiger partial charge >= 0.3 is 0 Å². The quantitative estimate of drug-likeness (QED) is 0.936. The van der Waals surface area contributed by atoms with E-state index in [9.17, 15) is 0 Å². The number of hydrogen-bond acceptors (Lipinski definition) is 3. The van der Waals surface area contributed by atoms with Crippen molar-refractivity contribution in [3.05, 3.63) is 23.5 Å². The van der Waals surface area contributed by atoms with Gasteiger partial charge in [0.05, 0.1) is 5.69 Å². The normalized spacial score (nSPS) is 28.1. The summed E-state index contributed by atoms with van der Waals surface area (Å²) in [5.41, 5.74) is 7.87. The first-order chi connectivity index (χ1) is 9.45. The lowest BCUT2D eigenvalue weighted by Crippen LogP contribution is -2.44. The van der Waals surface area contributed by atoms with E-state index in [1.807, 2.05) is 0 Å². The zero-order valence-corrected chi connectivity index (χ0v) is 13.5. The highest BCUT2D eigenvalue weighted by molar-refractivity contribution is 7.15. The second-order valence-corrected chi connectivity index (χ2v) is 8.05. The molecule has 3 unspecified atom stereocenters. The van der Waals surface area contributed by atoms with Crippen LogP contribution in [0.15, 0.2) is 17.8 Å². The van der Waals surface area contributed by atoms with E-state index in [2.05, 4.69) is 42.9 Å². The van der Waals surface area contributed by atoms with E-state index in [-0.39, 0.29) is 5.41 Å². The molecule has 4 heteroatoms. The molecule has 0 radical (unpaired) electrons. The van der Waals surface area contributed by atoms with Crippen molar-refractivity contribution in [1.29, 1.82) is 0 Å². The van der Waals surface area contributed by atoms with Gasteiger partial charge in [0.1, 0.15) is 0 Å². The van der Waals surface area contributed by atoms with Gasteiger partial charge in [-0.1, -0.05) is 27.2 Å². The fourth-order valence-electron chi connectivity index (χ4n) is 3.85. The summed E-state index contributed by atoms with van der Waals surface area (Å²) in [5, 5.41) is 2.08. The maximum absolute atomic E-state index is 6.44. The molecule has 20 heavy (non-hydrogen) atoms. The van der Waals surface area contributed by atoms with Gasteiger partial charge < -0.3 is 5.73 Å². The molecule has 3 atom stereocenters. The van der Waals surface area contributed by atoms with Crippen molar-refractivity contribution in [3.8, 4) is 0 Å². The zero-order valence-electron chi connectivity index (χ0n) is 12.7. The van der Waals surface area contributed by atoms with Crippen LogP contribution >= 0.6 is 11.3 Å². The molecule has 2 aromatic heterocycles. The topological polar surface area (TPSA) is 43.3 Å². The lowest BCUT2D eigenvalue weighted by atomic mass is 9.65. The minimum atomic E-state index is 0.226. The standard InChI is InChI=1S/C16H25N3S/c1-11-4-5-13(14(17)8-11)16(2,3)9-12-10-19-6-7-20-15(19)18-12/h6-7,10-11,13-14H,4-5,8-9,17H2,1-3H3. The summed E-state index contributed by atoms with van der Waals surface area (Å²) in [7, 11) is 0. The predicted octanol–water partition coefficient (Wildman–Crippen LogP) is 3.73. The Labute approximate surface area is 125 Å². The first kappa shape index (κ1) is 14.1. The highest BCUT2D eigenvalue weighted by Crippen LogP contribution is 2.41. The summed E-state index contributed by atoms with van der Waals surface area (Å²) in [6.45, 7) is 7.05. The molecule has 0 saturated heterocycles. The average Bonchev–Trinajstić information content (AvgIpc) is 2.87. The van der Waals surface area contributed by atoms with Gasteiger partial charge in [-0.15, -0.1) is 11.3 Å². The van der Waals surface area contributed by atoms with E-state index in [4.69, 9.17) is 10.7 Å². The van der Waals surface area contributed by atoms with Crippen LogP contribution in [0.25, 0.3) is 4.96 Å². The lowest BCUT2D eigenvalue weighted by molar-refractivity contribution is 0.112. The molecule has 0 bridgehead atoms. The summed E-state index contributed by atoms with van der Waals surface area (Å²) in [6.07, 6.45) is 9.03. The van der Waals surface area contributed by atoms with E-state index in [0.29, 0.717) is 12.0 Å². The second-order valence-electron chi connectivity index (χ2n) is 7.18. The summed E-state index contributed by atoms with van der Waals surface area (Å²) < 4.78 is 2.12. The number of aromatic nitrogens is 2. The summed E-state index contributed by atoms with van der Waals surface area (Å²) in [4.78, 5) is 5.83. The van der Waals surface area contributed by atoms with Gasteiger partial charge in [0.25, 0.3) is 0 Å². The van der Waals surface area contributed by atoms with E-state index < -0.39 is 0 Å². The van der Waals surface area contributed by atoms with Gasteiger partial charge in [0, 0.05) is 23.8 Å². The van der Waals surface area contributed by atoms with Gasteiger partial charge in [0.2, 0.25) is 0 Å². The average molecular weight is 291 g/mol. The Balaban J connectivity index is 1.75. The smallest absolute Gasteiger partial charge is 0.193 e. The molecule has 0 amide bonds. The lowest BCUT2D eigenvalue weighted by Gasteiger charge is -2.42. The van der Waals surface area contributed by atoms with Crippen LogP contribution in [0, 0.1) is 17.3 Å². The molecule has 0 aliphatic heterocycles. The third-order valence-electron chi connectivity index (χ3n) is 4.95. The maximum atomic E-state index is 6.44. The molecular formula is C16H25N3S. The molecule has 2 aromatic rings. The van der Waals surface area contributed by atoms with E-state index in [0.717, 1.165) is 17.3 Å². The van der Waals surface area contributed by atoms with Crippen molar-refractivity contribution in [3.63, 3.8) is 0 Å². The van der Waals surface area contributed by atoms with Gasteiger partial charge in [-0.3, -0.25) is 4.40 Å². The van der Waals surface area contributed by atoms with Crippen molar-refractivity contribution in [2.24, 2.45) is 23.0 Å². The molecule has 1 aliphatic carbocycles. The van der Waals surface area contributed by atoms with Crippen LogP contribution in [-0.4, -0.2) is 15.4 Å². The van der Waals surface area contributed by atoms with Crippen molar-refractivity contribution >= 4 is 16.3 Å². The van der Waals surface area contributed by atoms with Crippen LogP contribution in [0.2, 0.25) is 0 Å². The Morgan fingerprint density at radius 2 is 2.25 bits per heavy atom. The van der Waals surface area contributed by atoms with Gasteiger partial charge in [-0.05, 0) is 36.5 Å². The van der Waals surface area contributed by atoms with Crippen LogP contribution < -0.4 is 5.73 Å². The number of hydrogen-bond donors (Lipinski definition) is 1. The minimum Gasteiger partial charge on any atom is -0.327 e. The van der Waals surface area contributed by atoms with Crippen LogP contribution in [0.1, 0.15) is 45.7 Å². The van der Waals surface area contributed by atoms with Crippen LogP contribution in [0.4, 0.5) is 0 Å². The first-order valence-corrected chi connectivity index (χ1v) is 8.50. The van der Waals surface area contributed by atoms with Gasteiger partial charge in [-0.2, -0.15) is 0 Å². The van der Waals surface area contributed by atoms with E-state index >= 15 is 0 Å². The number of rotatable bonds is 3. The van der Waals surface area contributed by atoms with Gasteiger partial charge in [-0.25, -0.2) is 4.98 Å². The Kier molecular flexibility index (Phi) is 3.63. The van der Waals surface area contributed by atoms with Crippen molar-refractivity contribution in [2.75, 3.05) is 0 Å². The Hall–Kier alpha value is -0.870. The molecule has 3 nitrogen and oxygen atoms in total. The molecule has 110 valence electrons. The van der Waals surface area contributed by atoms with Crippen LogP contribution in [0.3, 0.4) is 0 Å². The third kappa shape index (κ3) is 2.63. The maximum Gasteiger partial charge on any atom is 0.193 e. The molecule has 1 aliphatic rings. The highest BCUT2D eigenvalue weighted by atomic mass is 32.1. The summed E-state index contributed by atoms with van der Waals surface area (Å²) in [6, 6.07) is 0.345.